The molecule has 0 radical (unpaired) electrons. The van der Waals surface area contributed by atoms with Crippen LogP contribution in [0.15, 0.2) is 29.6 Å². The highest BCUT2D eigenvalue weighted by molar-refractivity contribution is 7.13. The SMILES string of the molecule is CC.COC(=O)c1cccc(-c2csc(N)n2)c1. The first kappa shape index (κ1) is 14.2. The Morgan fingerprint density at radius 3 is 2.67 bits per heavy atom. The summed E-state index contributed by atoms with van der Waals surface area (Å²) in [5.74, 6) is -0.356. The van der Waals surface area contributed by atoms with Gasteiger partial charge in [0.15, 0.2) is 5.13 Å². The zero-order valence-corrected chi connectivity index (χ0v) is 11.5. The molecule has 0 aliphatic carbocycles. The molecule has 2 aromatic rings. The smallest absolute Gasteiger partial charge is 0.337 e. The van der Waals surface area contributed by atoms with Crippen LogP contribution in [0.25, 0.3) is 11.3 Å². The Kier molecular flexibility index (Phi) is 5.32. The van der Waals surface area contributed by atoms with E-state index in [2.05, 4.69) is 9.72 Å². The summed E-state index contributed by atoms with van der Waals surface area (Å²) in [7, 11) is 1.36. The number of anilines is 1. The maximum Gasteiger partial charge on any atom is 0.337 e. The number of rotatable bonds is 2. The molecule has 1 heterocycles. The lowest BCUT2D eigenvalue weighted by Gasteiger charge is -2.01. The van der Waals surface area contributed by atoms with E-state index in [1.807, 2.05) is 25.3 Å². The van der Waals surface area contributed by atoms with E-state index < -0.39 is 0 Å². The van der Waals surface area contributed by atoms with Gasteiger partial charge in [0.1, 0.15) is 0 Å². The van der Waals surface area contributed by atoms with E-state index in [1.54, 1.807) is 18.2 Å². The van der Waals surface area contributed by atoms with Crippen molar-refractivity contribution in [3.8, 4) is 11.3 Å². The van der Waals surface area contributed by atoms with Crippen LogP contribution < -0.4 is 5.73 Å². The quantitative estimate of drug-likeness (QED) is 0.846. The summed E-state index contributed by atoms with van der Waals surface area (Å²) in [5.41, 5.74) is 7.69. The Morgan fingerprint density at radius 2 is 2.11 bits per heavy atom. The van der Waals surface area contributed by atoms with Crippen molar-refractivity contribution >= 4 is 22.4 Å². The molecule has 4 nitrogen and oxygen atoms in total. The number of nitrogens with two attached hydrogens (primary N) is 1. The molecule has 0 amide bonds. The molecule has 96 valence electrons. The molecule has 0 unspecified atom stereocenters. The highest BCUT2D eigenvalue weighted by Gasteiger charge is 2.08. The zero-order chi connectivity index (χ0) is 13.5. The summed E-state index contributed by atoms with van der Waals surface area (Å²) in [6.45, 7) is 4.00. The maximum atomic E-state index is 11.3. The topological polar surface area (TPSA) is 65.2 Å². The number of esters is 1. The molecule has 0 bridgehead atoms. The normalized spacial score (nSPS) is 9.28. The highest BCUT2D eigenvalue weighted by Crippen LogP contribution is 2.23. The molecule has 5 heteroatoms. The molecule has 2 N–H and O–H groups in total. The molecule has 18 heavy (non-hydrogen) atoms. The van der Waals surface area contributed by atoms with Crippen LogP contribution in [0.1, 0.15) is 24.2 Å². The Morgan fingerprint density at radius 1 is 1.39 bits per heavy atom. The number of nitrogen functional groups attached to an aromatic ring is 1. The minimum absolute atomic E-state index is 0.356. The Hall–Kier alpha value is -1.88. The van der Waals surface area contributed by atoms with Crippen molar-refractivity contribution in [2.24, 2.45) is 0 Å². The molecule has 1 aromatic carbocycles. The lowest BCUT2D eigenvalue weighted by molar-refractivity contribution is 0.0601. The maximum absolute atomic E-state index is 11.3. The minimum Gasteiger partial charge on any atom is -0.465 e. The van der Waals surface area contributed by atoms with Crippen LogP contribution in [0.4, 0.5) is 5.13 Å². The van der Waals surface area contributed by atoms with Gasteiger partial charge in [0, 0.05) is 10.9 Å². The zero-order valence-electron chi connectivity index (χ0n) is 10.6. The van der Waals surface area contributed by atoms with Gasteiger partial charge in [0.2, 0.25) is 0 Å². The van der Waals surface area contributed by atoms with Gasteiger partial charge in [-0.1, -0.05) is 26.0 Å². The van der Waals surface area contributed by atoms with E-state index in [9.17, 15) is 4.79 Å². The molecule has 2 rings (SSSR count). The van der Waals surface area contributed by atoms with E-state index in [4.69, 9.17) is 5.73 Å². The van der Waals surface area contributed by atoms with Crippen molar-refractivity contribution < 1.29 is 9.53 Å². The largest absolute Gasteiger partial charge is 0.465 e. The number of nitrogens with zero attached hydrogens (tertiary/aromatic N) is 1. The van der Waals surface area contributed by atoms with Gasteiger partial charge in [-0.2, -0.15) is 0 Å². The summed E-state index contributed by atoms with van der Waals surface area (Å²) in [5, 5.41) is 2.37. The summed E-state index contributed by atoms with van der Waals surface area (Å²) in [6, 6.07) is 7.10. The standard InChI is InChI=1S/C11H10N2O2S.C2H6/c1-15-10(14)8-4-2-3-7(5-8)9-6-16-11(12)13-9;1-2/h2-6H,1H3,(H2,12,13);1-2H3. The fourth-order valence-corrected chi connectivity index (χ4v) is 1.92. The number of methoxy groups -OCH3 is 1. The van der Waals surface area contributed by atoms with Crippen molar-refractivity contribution in [2.45, 2.75) is 13.8 Å². The van der Waals surface area contributed by atoms with Crippen LogP contribution in [0.2, 0.25) is 0 Å². The van der Waals surface area contributed by atoms with Crippen molar-refractivity contribution in [3.05, 3.63) is 35.2 Å². The number of ether oxygens (including phenoxy) is 1. The van der Waals surface area contributed by atoms with E-state index >= 15 is 0 Å². The average molecular weight is 264 g/mol. The molecule has 0 atom stereocenters. The van der Waals surface area contributed by atoms with E-state index in [0.29, 0.717) is 10.7 Å². The second-order valence-electron chi connectivity index (χ2n) is 3.14. The third-order valence-electron chi connectivity index (χ3n) is 2.10. The van der Waals surface area contributed by atoms with Gasteiger partial charge in [-0.15, -0.1) is 11.3 Å². The van der Waals surface area contributed by atoms with Crippen LogP contribution in [-0.2, 0) is 4.74 Å². The second-order valence-corrected chi connectivity index (χ2v) is 4.03. The number of carbonyl (C=O) groups is 1. The molecule has 0 aliphatic rings. The van der Waals surface area contributed by atoms with E-state index in [-0.39, 0.29) is 5.97 Å². The van der Waals surface area contributed by atoms with E-state index in [0.717, 1.165) is 11.3 Å². The van der Waals surface area contributed by atoms with Crippen molar-refractivity contribution in [1.82, 2.24) is 4.98 Å². The first-order valence-corrected chi connectivity index (χ1v) is 6.48. The molecule has 0 spiro atoms. The van der Waals surface area contributed by atoms with E-state index in [1.165, 1.54) is 18.4 Å². The lowest BCUT2D eigenvalue weighted by atomic mass is 10.1. The average Bonchev–Trinajstić information content (AvgIpc) is 2.87. The number of hydrogen-bond acceptors (Lipinski definition) is 5. The van der Waals surface area contributed by atoms with Gasteiger partial charge in [-0.3, -0.25) is 0 Å². The highest BCUT2D eigenvalue weighted by atomic mass is 32.1. The second kappa shape index (κ2) is 6.76. The van der Waals surface area contributed by atoms with Crippen molar-refractivity contribution in [2.75, 3.05) is 12.8 Å². The molecular formula is C13H16N2O2S. The molecule has 0 aliphatic heterocycles. The predicted molar refractivity (Wildman–Crippen MR) is 74.6 cm³/mol. The Balaban J connectivity index is 0.000000771. The van der Waals surface area contributed by atoms with Crippen molar-refractivity contribution in [1.29, 1.82) is 0 Å². The predicted octanol–water partition coefficient (Wildman–Crippen LogP) is 3.21. The number of aromatic nitrogens is 1. The summed E-state index contributed by atoms with van der Waals surface area (Å²) >= 11 is 1.37. The van der Waals surface area contributed by atoms with Gasteiger partial charge in [-0.05, 0) is 12.1 Å². The van der Waals surface area contributed by atoms with Gasteiger partial charge >= 0.3 is 5.97 Å². The van der Waals surface area contributed by atoms with Gasteiger partial charge in [0.25, 0.3) is 0 Å². The van der Waals surface area contributed by atoms with Gasteiger partial charge in [0.05, 0.1) is 18.4 Å². The summed E-state index contributed by atoms with van der Waals surface area (Å²) in [6.07, 6.45) is 0. The molecule has 0 saturated heterocycles. The monoisotopic (exact) mass is 264 g/mol. The summed E-state index contributed by atoms with van der Waals surface area (Å²) in [4.78, 5) is 15.5. The van der Waals surface area contributed by atoms with Crippen LogP contribution in [0.5, 0.6) is 0 Å². The number of thiazole rings is 1. The minimum atomic E-state index is -0.356. The fraction of sp³-hybridized carbons (Fsp3) is 0.231. The first-order valence-electron chi connectivity index (χ1n) is 5.60. The molecule has 0 saturated carbocycles. The lowest BCUT2D eigenvalue weighted by Crippen LogP contribution is -2.00. The van der Waals surface area contributed by atoms with Crippen LogP contribution >= 0.6 is 11.3 Å². The Bertz CT molecular complexity index is 523. The van der Waals surface area contributed by atoms with Gasteiger partial charge < -0.3 is 10.5 Å². The van der Waals surface area contributed by atoms with Crippen molar-refractivity contribution in [3.63, 3.8) is 0 Å². The third kappa shape index (κ3) is 3.30. The number of hydrogen-bond donors (Lipinski definition) is 1. The van der Waals surface area contributed by atoms with Gasteiger partial charge in [-0.25, -0.2) is 9.78 Å². The fourth-order valence-electron chi connectivity index (χ4n) is 1.34. The number of carbonyl (C=O) groups excluding carboxylic acids is 1. The Labute approximate surface area is 110 Å². The van der Waals surface area contributed by atoms with Crippen LogP contribution in [0.3, 0.4) is 0 Å². The third-order valence-corrected chi connectivity index (χ3v) is 2.78. The molecular weight excluding hydrogens is 248 g/mol. The molecule has 1 aromatic heterocycles. The summed E-state index contributed by atoms with van der Waals surface area (Å²) < 4.78 is 4.65. The molecule has 0 fully saturated rings. The van der Waals surface area contributed by atoms with Crippen LogP contribution in [0, 0.1) is 0 Å². The van der Waals surface area contributed by atoms with Crippen LogP contribution in [-0.4, -0.2) is 18.1 Å². The number of benzene rings is 1. The first-order chi connectivity index (χ1) is 8.70.